The normalized spacial score (nSPS) is 14.6. The molecule has 0 aliphatic carbocycles. The van der Waals surface area contributed by atoms with E-state index in [0.29, 0.717) is 24.4 Å². The highest BCUT2D eigenvalue weighted by Crippen LogP contribution is 2.28. The van der Waals surface area contributed by atoms with Gasteiger partial charge in [0.05, 0.1) is 5.69 Å². The number of aromatic amines is 1. The van der Waals surface area contributed by atoms with Crippen LogP contribution in [0.1, 0.15) is 36.2 Å². The van der Waals surface area contributed by atoms with Gasteiger partial charge in [-0.2, -0.15) is 0 Å². The number of hydrogen-bond acceptors (Lipinski definition) is 2. The quantitative estimate of drug-likeness (QED) is 0.716. The van der Waals surface area contributed by atoms with Crippen LogP contribution in [-0.4, -0.2) is 27.7 Å². The van der Waals surface area contributed by atoms with Gasteiger partial charge in [0.2, 0.25) is 5.91 Å². The van der Waals surface area contributed by atoms with Gasteiger partial charge in [0.15, 0.2) is 0 Å². The third-order valence-electron chi connectivity index (χ3n) is 5.08. The third kappa shape index (κ3) is 3.21. The molecule has 0 saturated heterocycles. The molecule has 2 heterocycles. The van der Waals surface area contributed by atoms with Gasteiger partial charge in [-0.05, 0) is 42.2 Å². The van der Waals surface area contributed by atoms with Crippen LogP contribution in [0.15, 0.2) is 54.7 Å². The Morgan fingerprint density at radius 3 is 2.74 bits per heavy atom. The van der Waals surface area contributed by atoms with Gasteiger partial charge < -0.3 is 15.2 Å². The summed E-state index contributed by atoms with van der Waals surface area (Å²) in [6.45, 7) is 4.62. The largest absolute Gasteiger partial charge is 0.361 e. The first-order chi connectivity index (χ1) is 13.0. The minimum atomic E-state index is -0.501. The van der Waals surface area contributed by atoms with Gasteiger partial charge in [0.1, 0.15) is 6.04 Å². The number of anilines is 1. The Kier molecular flexibility index (Phi) is 4.44. The van der Waals surface area contributed by atoms with Crippen LogP contribution in [-0.2, 0) is 11.3 Å². The number of benzene rings is 2. The molecular formula is C22H23N3O2. The second kappa shape index (κ2) is 6.91. The summed E-state index contributed by atoms with van der Waals surface area (Å²) in [7, 11) is 0. The molecule has 0 bridgehead atoms. The fourth-order valence-electron chi connectivity index (χ4n) is 3.76. The van der Waals surface area contributed by atoms with Crippen LogP contribution in [0.2, 0.25) is 0 Å². The van der Waals surface area contributed by atoms with Crippen LogP contribution in [0.4, 0.5) is 5.69 Å². The highest BCUT2D eigenvalue weighted by atomic mass is 16.2. The summed E-state index contributed by atoms with van der Waals surface area (Å²) in [6, 6.07) is 14.8. The molecule has 1 aliphatic rings. The molecular weight excluding hydrogens is 338 g/mol. The van der Waals surface area contributed by atoms with E-state index in [2.05, 4.69) is 24.1 Å². The van der Waals surface area contributed by atoms with Crippen LogP contribution >= 0.6 is 0 Å². The average Bonchev–Trinajstić information content (AvgIpc) is 3.25. The van der Waals surface area contributed by atoms with Crippen molar-refractivity contribution in [2.45, 2.75) is 32.9 Å². The number of nitrogens with zero attached hydrogens (tertiary/aromatic N) is 1. The highest BCUT2D eigenvalue weighted by molar-refractivity contribution is 6.06. The van der Waals surface area contributed by atoms with Gasteiger partial charge in [-0.25, -0.2) is 0 Å². The van der Waals surface area contributed by atoms with Crippen molar-refractivity contribution in [1.29, 1.82) is 0 Å². The maximum absolute atomic E-state index is 13.2. The third-order valence-corrected chi connectivity index (χ3v) is 5.08. The molecule has 2 N–H and O–H groups in total. The van der Waals surface area contributed by atoms with E-state index in [9.17, 15) is 9.59 Å². The van der Waals surface area contributed by atoms with Crippen molar-refractivity contribution in [3.63, 3.8) is 0 Å². The molecule has 0 radical (unpaired) electrons. The van der Waals surface area contributed by atoms with E-state index in [1.807, 2.05) is 54.7 Å². The molecule has 138 valence electrons. The molecule has 5 nitrogen and oxygen atoms in total. The molecule has 27 heavy (non-hydrogen) atoms. The van der Waals surface area contributed by atoms with E-state index in [0.717, 1.165) is 22.2 Å². The molecule has 1 aromatic heterocycles. The predicted molar refractivity (Wildman–Crippen MR) is 106 cm³/mol. The van der Waals surface area contributed by atoms with Crippen molar-refractivity contribution < 1.29 is 9.59 Å². The molecule has 1 unspecified atom stereocenters. The van der Waals surface area contributed by atoms with E-state index >= 15 is 0 Å². The van der Waals surface area contributed by atoms with E-state index in [1.165, 1.54) is 0 Å². The second-order valence-corrected chi connectivity index (χ2v) is 7.47. The van der Waals surface area contributed by atoms with Gasteiger partial charge in [0, 0.05) is 29.2 Å². The summed E-state index contributed by atoms with van der Waals surface area (Å²) < 4.78 is 0. The Hall–Kier alpha value is -3.08. The van der Waals surface area contributed by atoms with E-state index in [1.54, 1.807) is 4.90 Å². The summed E-state index contributed by atoms with van der Waals surface area (Å²) in [5, 5.41) is 4.01. The highest BCUT2D eigenvalue weighted by Gasteiger charge is 2.36. The molecule has 1 atom stereocenters. The Bertz CT molecular complexity index is 1010. The van der Waals surface area contributed by atoms with Crippen molar-refractivity contribution in [3.8, 4) is 0 Å². The number of fused-ring (bicyclic) bond motifs is 2. The minimum absolute atomic E-state index is 0.0637. The lowest BCUT2D eigenvalue weighted by atomic mass is 10.0. The molecule has 5 heteroatoms. The Morgan fingerprint density at radius 2 is 1.96 bits per heavy atom. The van der Waals surface area contributed by atoms with Crippen LogP contribution in [0, 0.1) is 5.92 Å². The predicted octanol–water partition coefficient (Wildman–Crippen LogP) is 4.18. The summed E-state index contributed by atoms with van der Waals surface area (Å²) in [4.78, 5) is 30.9. The van der Waals surface area contributed by atoms with Crippen LogP contribution in [0.3, 0.4) is 0 Å². The lowest BCUT2D eigenvalue weighted by molar-refractivity contribution is -0.121. The van der Waals surface area contributed by atoms with E-state index < -0.39 is 6.04 Å². The number of hydrogen-bond donors (Lipinski definition) is 2. The maximum atomic E-state index is 13.2. The Balaban J connectivity index is 1.62. The van der Waals surface area contributed by atoms with Gasteiger partial charge in [0.25, 0.3) is 5.91 Å². The fraction of sp³-hybridized carbons (Fsp3) is 0.273. The molecule has 4 rings (SSSR count). The van der Waals surface area contributed by atoms with Gasteiger partial charge in [-0.3, -0.25) is 9.59 Å². The van der Waals surface area contributed by atoms with Gasteiger partial charge in [-0.15, -0.1) is 0 Å². The van der Waals surface area contributed by atoms with Crippen molar-refractivity contribution in [1.82, 2.24) is 9.88 Å². The number of amides is 2. The summed E-state index contributed by atoms with van der Waals surface area (Å²) >= 11 is 0. The first-order valence-electron chi connectivity index (χ1n) is 9.30. The fourth-order valence-corrected chi connectivity index (χ4v) is 3.76. The van der Waals surface area contributed by atoms with Crippen LogP contribution in [0.25, 0.3) is 10.9 Å². The Labute approximate surface area is 158 Å². The zero-order valence-corrected chi connectivity index (χ0v) is 15.5. The molecule has 2 amide bonds. The number of nitrogens with one attached hydrogen (secondary N) is 2. The molecule has 2 aromatic carbocycles. The molecule has 3 aromatic rings. The van der Waals surface area contributed by atoms with Crippen molar-refractivity contribution in [3.05, 3.63) is 65.9 Å². The number of carbonyl (C=O) groups excluding carboxylic acids is 2. The monoisotopic (exact) mass is 361 g/mol. The van der Waals surface area contributed by atoms with E-state index in [-0.39, 0.29) is 11.8 Å². The molecule has 0 spiro atoms. The minimum Gasteiger partial charge on any atom is -0.361 e. The summed E-state index contributed by atoms with van der Waals surface area (Å²) in [6.07, 6.45) is 2.47. The van der Waals surface area contributed by atoms with Gasteiger partial charge >= 0.3 is 0 Å². The smallest absolute Gasteiger partial charge is 0.255 e. The zero-order chi connectivity index (χ0) is 19.0. The van der Waals surface area contributed by atoms with Gasteiger partial charge in [-0.1, -0.05) is 38.1 Å². The first kappa shape index (κ1) is 17.3. The summed E-state index contributed by atoms with van der Waals surface area (Å²) in [5.74, 6) is 0.0881. The number of aromatic nitrogens is 1. The van der Waals surface area contributed by atoms with Crippen molar-refractivity contribution in [2.75, 3.05) is 5.32 Å². The second-order valence-electron chi connectivity index (χ2n) is 7.47. The Morgan fingerprint density at radius 1 is 1.15 bits per heavy atom. The van der Waals surface area contributed by atoms with Crippen LogP contribution in [0.5, 0.6) is 0 Å². The van der Waals surface area contributed by atoms with Crippen molar-refractivity contribution in [2.24, 2.45) is 5.92 Å². The molecule has 0 fully saturated rings. The van der Waals surface area contributed by atoms with E-state index in [4.69, 9.17) is 0 Å². The van der Waals surface area contributed by atoms with Crippen molar-refractivity contribution >= 4 is 28.4 Å². The number of rotatable bonds is 5. The number of carbonyl (C=O) groups is 2. The number of H-pyrrole nitrogens is 1. The van der Waals surface area contributed by atoms with Crippen LogP contribution < -0.4 is 5.32 Å². The first-order valence-corrected chi connectivity index (χ1v) is 9.30. The standard InChI is InChI=1S/C22H23N3O2/c1-14(2)12-20(25-13-15-6-3-4-7-16(15)22(25)27)21(26)24-19-9-5-8-18-17(19)10-11-23-18/h3-11,14,20,23H,12-13H2,1-2H3,(H,24,26). The average molecular weight is 361 g/mol. The maximum Gasteiger partial charge on any atom is 0.255 e. The lowest BCUT2D eigenvalue weighted by Gasteiger charge is -2.28. The zero-order valence-electron chi connectivity index (χ0n) is 15.5. The topological polar surface area (TPSA) is 65.2 Å². The molecule has 1 aliphatic heterocycles. The molecule has 0 saturated carbocycles. The lowest BCUT2D eigenvalue weighted by Crippen LogP contribution is -2.45. The summed E-state index contributed by atoms with van der Waals surface area (Å²) in [5.41, 5.74) is 3.41. The SMILES string of the molecule is CC(C)CC(C(=O)Nc1cccc2[nH]ccc12)N1Cc2ccccc2C1=O.